The molecule has 0 heterocycles. The highest BCUT2D eigenvalue weighted by Gasteiger charge is 2.13. The maximum Gasteiger partial charge on any atom is 0.0565 e. The van der Waals surface area contributed by atoms with Gasteiger partial charge < -0.3 is 5.11 Å². The van der Waals surface area contributed by atoms with Crippen molar-refractivity contribution < 1.29 is 5.11 Å². The van der Waals surface area contributed by atoms with E-state index < -0.39 is 0 Å². The summed E-state index contributed by atoms with van der Waals surface area (Å²) in [6.07, 6.45) is 28.5. The van der Waals surface area contributed by atoms with Gasteiger partial charge in [-0.3, -0.25) is 0 Å². The Morgan fingerprint density at radius 3 is 1.11 bits per heavy atom. The molecule has 1 heteroatoms. The predicted molar refractivity (Wildman–Crippen MR) is 123 cm³/mol. The summed E-state index contributed by atoms with van der Waals surface area (Å²) in [6.45, 7) is 6.82. The van der Waals surface area contributed by atoms with E-state index in [9.17, 15) is 5.11 Å². The summed E-state index contributed by atoms with van der Waals surface area (Å²) in [6, 6.07) is 0. The molecule has 0 aliphatic heterocycles. The van der Waals surface area contributed by atoms with Gasteiger partial charge in [-0.1, -0.05) is 143 Å². The molecule has 0 aromatic carbocycles. The van der Waals surface area contributed by atoms with Crippen molar-refractivity contribution in [3.05, 3.63) is 0 Å². The number of rotatable bonds is 22. The second-order valence-corrected chi connectivity index (χ2v) is 9.13. The van der Waals surface area contributed by atoms with E-state index >= 15 is 0 Å². The number of hydrogen-bond acceptors (Lipinski definition) is 1. The molecule has 27 heavy (non-hydrogen) atoms. The van der Waals surface area contributed by atoms with Crippen LogP contribution in [0.5, 0.6) is 0 Å². The lowest BCUT2D eigenvalue weighted by molar-refractivity contribution is 0.0985. The second-order valence-electron chi connectivity index (χ2n) is 9.13. The Hall–Kier alpha value is -0.0400. The SMILES string of the molecule is CCCCCCCCCCCCCC(O)C(C)CCCCCCCCCC. The van der Waals surface area contributed by atoms with Crippen LogP contribution in [0.25, 0.3) is 0 Å². The van der Waals surface area contributed by atoms with Crippen LogP contribution in [0.1, 0.15) is 156 Å². The zero-order valence-electron chi connectivity index (χ0n) is 19.5. The molecular formula is C26H54O. The predicted octanol–water partition coefficient (Wildman–Crippen LogP) is 9.22. The second kappa shape index (κ2) is 22.3. The van der Waals surface area contributed by atoms with Crippen LogP contribution in [-0.2, 0) is 0 Å². The van der Waals surface area contributed by atoms with Gasteiger partial charge in [-0.2, -0.15) is 0 Å². The fraction of sp³-hybridized carbons (Fsp3) is 1.00. The third kappa shape index (κ3) is 20.5. The van der Waals surface area contributed by atoms with Crippen LogP contribution < -0.4 is 0 Å². The molecular weight excluding hydrogens is 328 g/mol. The highest BCUT2D eigenvalue weighted by Crippen LogP contribution is 2.20. The molecule has 0 aromatic rings. The molecule has 0 aliphatic carbocycles. The Labute approximate surface area is 173 Å². The highest BCUT2D eigenvalue weighted by molar-refractivity contribution is 4.65. The Morgan fingerprint density at radius 2 is 0.741 bits per heavy atom. The molecule has 0 rings (SSSR count). The molecule has 0 aromatic heterocycles. The summed E-state index contributed by atoms with van der Waals surface area (Å²) in [5.41, 5.74) is 0. The number of hydrogen-bond donors (Lipinski definition) is 1. The average Bonchev–Trinajstić information content (AvgIpc) is 2.67. The first kappa shape index (κ1) is 27.0. The third-order valence-corrected chi connectivity index (χ3v) is 6.27. The minimum Gasteiger partial charge on any atom is -0.393 e. The monoisotopic (exact) mass is 382 g/mol. The maximum atomic E-state index is 10.4. The van der Waals surface area contributed by atoms with Gasteiger partial charge >= 0.3 is 0 Å². The smallest absolute Gasteiger partial charge is 0.0565 e. The van der Waals surface area contributed by atoms with Crippen molar-refractivity contribution in [1.82, 2.24) is 0 Å². The third-order valence-electron chi connectivity index (χ3n) is 6.27. The lowest BCUT2D eigenvalue weighted by Crippen LogP contribution is -2.17. The van der Waals surface area contributed by atoms with Crippen LogP contribution in [0.3, 0.4) is 0 Å². The molecule has 0 saturated carbocycles. The molecule has 0 radical (unpaired) electrons. The minimum absolute atomic E-state index is 0.0619. The Morgan fingerprint density at radius 1 is 0.444 bits per heavy atom. The largest absolute Gasteiger partial charge is 0.393 e. The van der Waals surface area contributed by atoms with Gasteiger partial charge in [0.1, 0.15) is 0 Å². The van der Waals surface area contributed by atoms with Crippen LogP contribution >= 0.6 is 0 Å². The van der Waals surface area contributed by atoms with Crippen molar-refractivity contribution >= 4 is 0 Å². The highest BCUT2D eigenvalue weighted by atomic mass is 16.3. The van der Waals surface area contributed by atoms with Gasteiger partial charge in [-0.25, -0.2) is 0 Å². The van der Waals surface area contributed by atoms with Gasteiger partial charge in [0.05, 0.1) is 6.10 Å². The summed E-state index contributed by atoms with van der Waals surface area (Å²) in [7, 11) is 0. The summed E-state index contributed by atoms with van der Waals surface area (Å²) in [4.78, 5) is 0. The van der Waals surface area contributed by atoms with Crippen molar-refractivity contribution in [2.45, 2.75) is 162 Å². The quantitative estimate of drug-likeness (QED) is 0.185. The van der Waals surface area contributed by atoms with E-state index in [0.717, 1.165) is 6.42 Å². The summed E-state index contributed by atoms with van der Waals surface area (Å²) in [5, 5.41) is 10.4. The van der Waals surface area contributed by atoms with E-state index in [2.05, 4.69) is 20.8 Å². The normalized spacial score (nSPS) is 13.8. The van der Waals surface area contributed by atoms with Crippen LogP contribution in [-0.4, -0.2) is 11.2 Å². The molecule has 0 amide bonds. The van der Waals surface area contributed by atoms with E-state index in [4.69, 9.17) is 0 Å². The summed E-state index contributed by atoms with van der Waals surface area (Å²) in [5.74, 6) is 0.494. The molecule has 0 saturated heterocycles. The van der Waals surface area contributed by atoms with Crippen molar-refractivity contribution in [1.29, 1.82) is 0 Å². The molecule has 2 atom stereocenters. The molecule has 0 fully saturated rings. The van der Waals surface area contributed by atoms with Gasteiger partial charge in [0, 0.05) is 0 Å². The maximum absolute atomic E-state index is 10.4. The Kier molecular flexibility index (Phi) is 22.2. The van der Waals surface area contributed by atoms with Gasteiger partial charge in [-0.15, -0.1) is 0 Å². The molecule has 1 N–H and O–H groups in total. The van der Waals surface area contributed by atoms with E-state index in [1.54, 1.807) is 0 Å². The van der Waals surface area contributed by atoms with E-state index in [0.29, 0.717) is 5.92 Å². The lowest BCUT2D eigenvalue weighted by Gasteiger charge is -2.18. The van der Waals surface area contributed by atoms with Gasteiger partial charge in [0.15, 0.2) is 0 Å². The summed E-state index contributed by atoms with van der Waals surface area (Å²) >= 11 is 0. The fourth-order valence-corrected chi connectivity index (χ4v) is 4.09. The van der Waals surface area contributed by atoms with Crippen LogP contribution in [0.15, 0.2) is 0 Å². The molecule has 0 aliphatic rings. The molecule has 0 bridgehead atoms. The van der Waals surface area contributed by atoms with Crippen LogP contribution in [0, 0.1) is 5.92 Å². The lowest BCUT2D eigenvalue weighted by atomic mass is 9.93. The zero-order chi connectivity index (χ0) is 20.0. The minimum atomic E-state index is -0.0619. The van der Waals surface area contributed by atoms with Gasteiger partial charge in [0.25, 0.3) is 0 Å². The first-order valence-electron chi connectivity index (χ1n) is 12.9. The number of aliphatic hydroxyl groups is 1. The number of aliphatic hydroxyl groups excluding tert-OH is 1. The summed E-state index contributed by atoms with van der Waals surface area (Å²) < 4.78 is 0. The first-order valence-corrected chi connectivity index (χ1v) is 12.9. The molecule has 164 valence electrons. The zero-order valence-corrected chi connectivity index (χ0v) is 19.5. The van der Waals surface area contributed by atoms with Crippen LogP contribution in [0.2, 0.25) is 0 Å². The average molecular weight is 383 g/mol. The van der Waals surface area contributed by atoms with Crippen molar-refractivity contribution in [3.8, 4) is 0 Å². The Balaban J connectivity index is 3.30. The molecule has 1 nitrogen and oxygen atoms in total. The fourth-order valence-electron chi connectivity index (χ4n) is 4.09. The van der Waals surface area contributed by atoms with E-state index in [1.807, 2.05) is 0 Å². The Bertz CT molecular complexity index is 263. The molecule has 0 spiro atoms. The van der Waals surface area contributed by atoms with Crippen molar-refractivity contribution in [2.24, 2.45) is 5.92 Å². The van der Waals surface area contributed by atoms with Crippen molar-refractivity contribution in [3.63, 3.8) is 0 Å². The molecule has 2 unspecified atom stereocenters. The van der Waals surface area contributed by atoms with Crippen molar-refractivity contribution in [2.75, 3.05) is 0 Å². The van der Waals surface area contributed by atoms with Crippen LogP contribution in [0.4, 0.5) is 0 Å². The first-order chi connectivity index (χ1) is 13.2. The number of unbranched alkanes of at least 4 members (excludes halogenated alkanes) is 17. The van der Waals surface area contributed by atoms with E-state index in [1.165, 1.54) is 128 Å². The van der Waals surface area contributed by atoms with E-state index in [-0.39, 0.29) is 6.10 Å². The standard InChI is InChI=1S/C26H54O/c1-4-6-8-10-12-14-15-16-18-20-22-24-26(27)25(3)23-21-19-17-13-11-9-7-5-2/h25-27H,4-24H2,1-3H3. The van der Waals surface area contributed by atoms with Gasteiger partial charge in [0.2, 0.25) is 0 Å². The van der Waals surface area contributed by atoms with Gasteiger partial charge in [-0.05, 0) is 18.8 Å². The topological polar surface area (TPSA) is 20.2 Å².